The number of hydrogen-bond donors (Lipinski definition) is 1. The van der Waals surface area contributed by atoms with Crippen LogP contribution in [0.3, 0.4) is 0 Å². The quantitative estimate of drug-likeness (QED) is 0.732. The van der Waals surface area contributed by atoms with Gasteiger partial charge in [0.2, 0.25) is 0 Å². The summed E-state index contributed by atoms with van der Waals surface area (Å²) in [6.45, 7) is 4.24. The largest absolute Gasteiger partial charge is 0.383 e. The summed E-state index contributed by atoms with van der Waals surface area (Å²) in [5.74, 6) is 1.28. The Balaban J connectivity index is 1.95. The standard InChI is InChI=1S/C18H17N3OS/c1-18(2)8-11-13-15(19)20-16(10-6-4-3-5-7-10)21-17(13)23-14(11)12(22)9-18/h3-7H,8-9H2,1-2H3,(H2,19,20,21). The minimum absolute atomic E-state index is 0.0391. The molecule has 4 nitrogen and oxygen atoms in total. The number of nitrogens with two attached hydrogens (primary N) is 1. The van der Waals surface area contributed by atoms with Crippen molar-refractivity contribution in [3.63, 3.8) is 0 Å². The summed E-state index contributed by atoms with van der Waals surface area (Å²) in [5, 5.41) is 0.866. The van der Waals surface area contributed by atoms with E-state index in [0.717, 1.165) is 32.6 Å². The van der Waals surface area contributed by atoms with Crippen molar-refractivity contribution in [2.45, 2.75) is 26.7 Å². The molecule has 0 bridgehead atoms. The molecule has 5 heteroatoms. The zero-order valence-electron chi connectivity index (χ0n) is 13.1. The summed E-state index contributed by atoms with van der Waals surface area (Å²) in [5.41, 5.74) is 8.16. The molecule has 2 heterocycles. The third-order valence-corrected chi connectivity index (χ3v) is 5.43. The van der Waals surface area contributed by atoms with Crippen molar-refractivity contribution in [2.24, 2.45) is 5.41 Å². The van der Waals surface area contributed by atoms with Gasteiger partial charge in [0.25, 0.3) is 0 Å². The van der Waals surface area contributed by atoms with E-state index in [1.54, 1.807) is 0 Å². The van der Waals surface area contributed by atoms with Crippen molar-refractivity contribution in [2.75, 3.05) is 5.73 Å². The van der Waals surface area contributed by atoms with Crippen LogP contribution in [0.5, 0.6) is 0 Å². The first-order valence-corrected chi connectivity index (χ1v) is 8.44. The number of Topliss-reactive ketones (excluding diaryl/α,β-unsaturated/α-hetero) is 1. The van der Waals surface area contributed by atoms with E-state index >= 15 is 0 Å². The predicted octanol–water partition coefficient (Wildman–Crippen LogP) is 4.10. The van der Waals surface area contributed by atoms with Crippen molar-refractivity contribution in [3.05, 3.63) is 40.8 Å². The van der Waals surface area contributed by atoms with Crippen LogP contribution in [0.1, 0.15) is 35.5 Å². The van der Waals surface area contributed by atoms with E-state index in [4.69, 9.17) is 5.73 Å². The van der Waals surface area contributed by atoms with Gasteiger partial charge in [-0.15, -0.1) is 11.3 Å². The van der Waals surface area contributed by atoms with Gasteiger partial charge >= 0.3 is 0 Å². The number of nitrogens with zero attached hydrogens (tertiary/aromatic N) is 2. The van der Waals surface area contributed by atoms with Gasteiger partial charge in [-0.25, -0.2) is 9.97 Å². The molecule has 0 unspecified atom stereocenters. The summed E-state index contributed by atoms with van der Waals surface area (Å²) in [6.07, 6.45) is 1.41. The molecule has 0 fully saturated rings. The van der Waals surface area contributed by atoms with Gasteiger partial charge in [0, 0.05) is 12.0 Å². The Morgan fingerprint density at radius 2 is 1.87 bits per heavy atom. The first-order chi connectivity index (χ1) is 10.9. The average Bonchev–Trinajstić information content (AvgIpc) is 2.86. The highest BCUT2D eigenvalue weighted by molar-refractivity contribution is 7.20. The Morgan fingerprint density at radius 1 is 1.13 bits per heavy atom. The van der Waals surface area contributed by atoms with E-state index in [0.29, 0.717) is 18.1 Å². The fraction of sp³-hybridized carbons (Fsp3) is 0.278. The van der Waals surface area contributed by atoms with Crippen molar-refractivity contribution in [3.8, 4) is 11.4 Å². The SMILES string of the molecule is CC1(C)CC(=O)c2sc3nc(-c4ccccc4)nc(N)c3c2C1. The zero-order valence-corrected chi connectivity index (χ0v) is 13.9. The molecule has 116 valence electrons. The second-order valence-electron chi connectivity index (χ2n) is 6.83. The van der Waals surface area contributed by atoms with Crippen LogP contribution in [0.2, 0.25) is 0 Å². The summed E-state index contributed by atoms with van der Waals surface area (Å²) < 4.78 is 0. The summed E-state index contributed by atoms with van der Waals surface area (Å²) >= 11 is 1.45. The Kier molecular flexibility index (Phi) is 3.03. The summed E-state index contributed by atoms with van der Waals surface area (Å²) in [4.78, 5) is 23.2. The number of aromatic nitrogens is 2. The van der Waals surface area contributed by atoms with E-state index in [-0.39, 0.29) is 11.2 Å². The minimum Gasteiger partial charge on any atom is -0.383 e. The van der Waals surface area contributed by atoms with Crippen LogP contribution in [0.15, 0.2) is 30.3 Å². The maximum Gasteiger partial charge on any atom is 0.173 e. The number of rotatable bonds is 1. The molecule has 0 saturated heterocycles. The normalized spacial score (nSPS) is 16.5. The van der Waals surface area contributed by atoms with Crippen molar-refractivity contribution < 1.29 is 4.79 Å². The molecule has 2 N–H and O–H groups in total. The molecule has 0 amide bonds. The lowest BCUT2D eigenvalue weighted by molar-refractivity contribution is 0.0918. The molecule has 0 spiro atoms. The van der Waals surface area contributed by atoms with Crippen LogP contribution in [0.4, 0.5) is 5.82 Å². The van der Waals surface area contributed by atoms with Gasteiger partial charge in [0.1, 0.15) is 10.6 Å². The average molecular weight is 323 g/mol. The van der Waals surface area contributed by atoms with Gasteiger partial charge in [-0.2, -0.15) is 0 Å². The Hall–Kier alpha value is -2.27. The number of hydrogen-bond acceptors (Lipinski definition) is 5. The first-order valence-electron chi connectivity index (χ1n) is 7.62. The Bertz CT molecular complexity index is 928. The van der Waals surface area contributed by atoms with Crippen LogP contribution in [-0.4, -0.2) is 15.8 Å². The number of ketones is 1. The molecular formula is C18H17N3OS. The molecule has 23 heavy (non-hydrogen) atoms. The molecule has 1 aromatic carbocycles. The van der Waals surface area contributed by atoms with Gasteiger partial charge in [0.15, 0.2) is 11.6 Å². The lowest BCUT2D eigenvalue weighted by atomic mass is 9.76. The van der Waals surface area contributed by atoms with Crippen LogP contribution < -0.4 is 5.73 Å². The molecule has 1 aliphatic carbocycles. The predicted molar refractivity (Wildman–Crippen MR) is 93.7 cm³/mol. The Labute approximate surface area is 138 Å². The number of fused-ring (bicyclic) bond motifs is 3. The lowest BCUT2D eigenvalue weighted by Crippen LogP contribution is -2.25. The van der Waals surface area contributed by atoms with E-state index in [1.807, 2.05) is 30.3 Å². The third-order valence-electron chi connectivity index (χ3n) is 4.26. The van der Waals surface area contributed by atoms with E-state index in [9.17, 15) is 4.79 Å². The van der Waals surface area contributed by atoms with Gasteiger partial charge in [-0.05, 0) is 17.4 Å². The zero-order chi connectivity index (χ0) is 16.2. The second kappa shape index (κ2) is 4.86. The molecule has 2 aromatic heterocycles. The number of carbonyl (C=O) groups excluding carboxylic acids is 1. The first kappa shape index (κ1) is 14.3. The van der Waals surface area contributed by atoms with Gasteiger partial charge < -0.3 is 5.73 Å². The van der Waals surface area contributed by atoms with Crippen LogP contribution >= 0.6 is 11.3 Å². The number of carbonyl (C=O) groups is 1. The third kappa shape index (κ3) is 2.32. The van der Waals surface area contributed by atoms with Crippen molar-refractivity contribution in [1.29, 1.82) is 0 Å². The minimum atomic E-state index is -0.0391. The number of nitrogen functional groups attached to an aromatic ring is 1. The topological polar surface area (TPSA) is 68.9 Å². The Morgan fingerprint density at radius 3 is 2.61 bits per heavy atom. The van der Waals surface area contributed by atoms with Gasteiger partial charge in [0.05, 0.1) is 10.3 Å². The molecule has 4 rings (SSSR count). The fourth-order valence-electron chi connectivity index (χ4n) is 3.25. The highest BCUT2D eigenvalue weighted by Crippen LogP contribution is 2.43. The van der Waals surface area contributed by atoms with E-state index < -0.39 is 0 Å². The van der Waals surface area contributed by atoms with Crippen molar-refractivity contribution in [1.82, 2.24) is 9.97 Å². The van der Waals surface area contributed by atoms with E-state index in [1.165, 1.54) is 11.3 Å². The summed E-state index contributed by atoms with van der Waals surface area (Å²) in [6, 6.07) is 9.77. The number of anilines is 1. The maximum absolute atomic E-state index is 12.5. The van der Waals surface area contributed by atoms with Crippen LogP contribution in [-0.2, 0) is 6.42 Å². The fourth-order valence-corrected chi connectivity index (χ4v) is 4.39. The second-order valence-corrected chi connectivity index (χ2v) is 7.83. The highest BCUT2D eigenvalue weighted by Gasteiger charge is 2.35. The lowest BCUT2D eigenvalue weighted by Gasteiger charge is -2.28. The summed E-state index contributed by atoms with van der Waals surface area (Å²) in [7, 11) is 0. The van der Waals surface area contributed by atoms with Gasteiger partial charge in [-0.3, -0.25) is 4.79 Å². The number of thiophene rings is 1. The molecular weight excluding hydrogens is 306 g/mol. The van der Waals surface area contributed by atoms with Crippen LogP contribution in [0, 0.1) is 5.41 Å². The highest BCUT2D eigenvalue weighted by atomic mass is 32.1. The van der Waals surface area contributed by atoms with E-state index in [2.05, 4.69) is 23.8 Å². The molecule has 0 aliphatic heterocycles. The number of benzene rings is 1. The smallest absolute Gasteiger partial charge is 0.173 e. The van der Waals surface area contributed by atoms with Crippen molar-refractivity contribution >= 4 is 33.2 Å². The van der Waals surface area contributed by atoms with Gasteiger partial charge in [-0.1, -0.05) is 44.2 Å². The maximum atomic E-state index is 12.5. The molecule has 0 saturated carbocycles. The molecule has 3 aromatic rings. The molecule has 1 aliphatic rings. The molecule has 0 atom stereocenters. The van der Waals surface area contributed by atoms with Crippen LogP contribution in [0.25, 0.3) is 21.6 Å². The monoisotopic (exact) mass is 323 g/mol. The molecule has 0 radical (unpaired) electrons.